The van der Waals surface area contributed by atoms with Gasteiger partial charge in [0.1, 0.15) is 17.4 Å². The second-order valence-electron chi connectivity index (χ2n) is 8.88. The zero-order valence-electron chi connectivity index (χ0n) is 22.1. The SMILES string of the molecule is CCC(=O)Nc1cc(N(CC)CCN2C(=O)c3ccccc3C2=O)ccc1N=Nc1c(Cl)cc([N+](=O)[O-])cc1C#N. The molecule has 13 heteroatoms. The summed E-state index contributed by atoms with van der Waals surface area (Å²) < 4.78 is 0. The smallest absolute Gasteiger partial charge is 0.272 e. The minimum atomic E-state index is -0.668. The molecule has 3 aromatic carbocycles. The van der Waals surface area contributed by atoms with Crippen LogP contribution in [0, 0.1) is 21.4 Å². The number of imide groups is 1. The number of nitriles is 1. The molecule has 0 saturated heterocycles. The summed E-state index contributed by atoms with van der Waals surface area (Å²) in [7, 11) is 0. The van der Waals surface area contributed by atoms with Crippen LogP contribution in [-0.4, -0.2) is 47.2 Å². The number of carbonyl (C=O) groups excluding carboxylic acids is 3. The molecule has 12 nitrogen and oxygen atoms in total. The lowest BCUT2D eigenvalue weighted by Gasteiger charge is -2.26. The van der Waals surface area contributed by atoms with Gasteiger partial charge in [0.2, 0.25) is 5.91 Å². The van der Waals surface area contributed by atoms with Crippen molar-refractivity contribution in [3.8, 4) is 6.07 Å². The number of fused-ring (bicyclic) bond motifs is 1. The van der Waals surface area contributed by atoms with Crippen molar-refractivity contribution < 1.29 is 19.3 Å². The molecule has 0 radical (unpaired) electrons. The number of hydrogen-bond donors (Lipinski definition) is 1. The molecule has 0 aromatic heterocycles. The zero-order valence-corrected chi connectivity index (χ0v) is 22.9. The van der Waals surface area contributed by atoms with Gasteiger partial charge in [0, 0.05) is 43.9 Å². The van der Waals surface area contributed by atoms with E-state index in [1.54, 1.807) is 49.4 Å². The number of nitro groups is 1. The Morgan fingerprint density at radius 3 is 2.37 bits per heavy atom. The number of nitrogens with one attached hydrogen (secondary N) is 1. The quantitative estimate of drug-likeness (QED) is 0.134. The fourth-order valence-electron chi connectivity index (χ4n) is 4.26. The Kier molecular flexibility index (Phi) is 8.69. The van der Waals surface area contributed by atoms with Crippen LogP contribution in [0.15, 0.2) is 64.8 Å². The maximum absolute atomic E-state index is 12.8. The number of anilines is 2. The first-order chi connectivity index (χ1) is 19.7. The lowest BCUT2D eigenvalue weighted by molar-refractivity contribution is -0.384. The molecule has 3 aromatic rings. The van der Waals surface area contributed by atoms with Crippen LogP contribution in [0.25, 0.3) is 0 Å². The number of likely N-dealkylation sites (N-methyl/N-ethyl adjacent to an activating group) is 1. The summed E-state index contributed by atoms with van der Waals surface area (Å²) in [5.41, 5.74) is 1.51. The lowest BCUT2D eigenvalue weighted by atomic mass is 10.1. The summed E-state index contributed by atoms with van der Waals surface area (Å²) in [6, 6.07) is 15.7. The van der Waals surface area contributed by atoms with Gasteiger partial charge in [-0.1, -0.05) is 30.7 Å². The number of rotatable bonds is 10. The average molecular weight is 574 g/mol. The first-order valence-electron chi connectivity index (χ1n) is 12.6. The van der Waals surface area contributed by atoms with Crippen molar-refractivity contribution in [3.05, 3.63) is 86.4 Å². The van der Waals surface area contributed by atoms with Crippen molar-refractivity contribution in [2.24, 2.45) is 10.2 Å². The number of non-ortho nitro benzene ring substituents is 1. The Morgan fingerprint density at radius 1 is 1.10 bits per heavy atom. The number of hydrogen-bond acceptors (Lipinski definition) is 9. The fraction of sp³-hybridized carbons (Fsp3) is 0.214. The predicted molar refractivity (Wildman–Crippen MR) is 152 cm³/mol. The first-order valence-corrected chi connectivity index (χ1v) is 13.0. The number of benzene rings is 3. The maximum atomic E-state index is 12.8. The molecule has 3 amide bonds. The molecule has 1 aliphatic rings. The Bertz CT molecular complexity index is 1600. The molecule has 4 rings (SSSR count). The van der Waals surface area contributed by atoms with E-state index in [0.29, 0.717) is 35.6 Å². The zero-order chi connectivity index (χ0) is 29.7. The summed E-state index contributed by atoms with van der Waals surface area (Å²) in [4.78, 5) is 51.4. The second kappa shape index (κ2) is 12.4. The van der Waals surface area contributed by atoms with E-state index in [-0.39, 0.29) is 58.3 Å². The third-order valence-electron chi connectivity index (χ3n) is 6.43. The van der Waals surface area contributed by atoms with Gasteiger partial charge in [-0.05, 0) is 37.3 Å². The molecular formula is C28H24ClN7O5. The molecule has 0 bridgehead atoms. The maximum Gasteiger partial charge on any atom is 0.272 e. The largest absolute Gasteiger partial charge is 0.370 e. The van der Waals surface area contributed by atoms with Gasteiger partial charge in [-0.2, -0.15) is 5.26 Å². The first kappa shape index (κ1) is 28.8. The summed E-state index contributed by atoms with van der Waals surface area (Å²) in [5, 5.41) is 31.4. The fourth-order valence-corrected chi connectivity index (χ4v) is 4.51. The van der Waals surface area contributed by atoms with Gasteiger partial charge in [0.15, 0.2) is 0 Å². The number of halogens is 1. The van der Waals surface area contributed by atoms with Gasteiger partial charge < -0.3 is 10.2 Å². The van der Waals surface area contributed by atoms with E-state index in [2.05, 4.69) is 15.5 Å². The van der Waals surface area contributed by atoms with Crippen molar-refractivity contribution in [1.82, 2.24) is 4.90 Å². The summed E-state index contributed by atoms with van der Waals surface area (Å²) in [6.45, 7) is 4.65. The van der Waals surface area contributed by atoms with Gasteiger partial charge >= 0.3 is 0 Å². The topological polar surface area (TPSA) is 161 Å². The molecule has 0 spiro atoms. The Balaban J connectivity index is 1.60. The molecule has 0 aliphatic carbocycles. The Hall–Kier alpha value is -5.15. The van der Waals surface area contributed by atoms with Gasteiger partial charge in [-0.3, -0.25) is 29.4 Å². The van der Waals surface area contributed by atoms with E-state index >= 15 is 0 Å². The molecule has 41 heavy (non-hydrogen) atoms. The van der Waals surface area contributed by atoms with Crippen LogP contribution in [-0.2, 0) is 4.79 Å². The molecule has 1 N–H and O–H groups in total. The monoisotopic (exact) mass is 573 g/mol. The van der Waals surface area contributed by atoms with Crippen LogP contribution in [0.3, 0.4) is 0 Å². The number of nitrogens with zero attached hydrogens (tertiary/aromatic N) is 6. The van der Waals surface area contributed by atoms with E-state index < -0.39 is 4.92 Å². The normalized spacial score (nSPS) is 12.4. The Morgan fingerprint density at radius 2 is 1.78 bits per heavy atom. The van der Waals surface area contributed by atoms with Crippen molar-refractivity contribution in [2.75, 3.05) is 29.9 Å². The van der Waals surface area contributed by atoms with Gasteiger partial charge in [0.05, 0.1) is 32.3 Å². The summed E-state index contributed by atoms with van der Waals surface area (Å²) in [5.74, 6) is -0.955. The van der Waals surface area contributed by atoms with Crippen LogP contribution in [0.5, 0.6) is 0 Å². The van der Waals surface area contributed by atoms with E-state index in [9.17, 15) is 29.8 Å². The molecular weight excluding hydrogens is 550 g/mol. The molecule has 0 fully saturated rings. The molecule has 1 heterocycles. The van der Waals surface area contributed by atoms with Crippen LogP contribution in [0.1, 0.15) is 46.5 Å². The van der Waals surface area contributed by atoms with Crippen LogP contribution < -0.4 is 10.2 Å². The summed E-state index contributed by atoms with van der Waals surface area (Å²) >= 11 is 6.16. The van der Waals surface area contributed by atoms with Crippen molar-refractivity contribution >= 4 is 57.8 Å². The molecule has 0 saturated carbocycles. The third kappa shape index (κ3) is 6.05. The van der Waals surface area contributed by atoms with Crippen molar-refractivity contribution in [3.63, 3.8) is 0 Å². The highest BCUT2D eigenvalue weighted by Gasteiger charge is 2.35. The predicted octanol–water partition coefficient (Wildman–Crippen LogP) is 6.01. The van der Waals surface area contributed by atoms with Crippen LogP contribution >= 0.6 is 11.6 Å². The summed E-state index contributed by atoms with van der Waals surface area (Å²) in [6.07, 6.45) is 0.199. The van der Waals surface area contributed by atoms with Crippen LogP contribution in [0.4, 0.5) is 28.4 Å². The average Bonchev–Trinajstić information content (AvgIpc) is 3.21. The highest BCUT2D eigenvalue weighted by atomic mass is 35.5. The molecule has 0 atom stereocenters. The van der Waals surface area contributed by atoms with E-state index in [1.807, 2.05) is 17.9 Å². The second-order valence-corrected chi connectivity index (χ2v) is 9.29. The number of carbonyl (C=O) groups is 3. The van der Waals surface area contributed by atoms with Gasteiger partial charge in [-0.25, -0.2) is 0 Å². The standard InChI is InChI=1S/C28H24ClN7O5/c1-3-25(37)31-24-15-18(34(4-2)11-12-35-27(38)20-7-5-6-8-21(20)28(35)39)9-10-23(24)32-33-26-17(16-30)13-19(36(40)41)14-22(26)29/h5-10,13-15H,3-4,11-12H2,1-2H3,(H,31,37). The van der Waals surface area contributed by atoms with Crippen molar-refractivity contribution in [1.29, 1.82) is 5.26 Å². The van der Waals surface area contributed by atoms with E-state index in [4.69, 9.17) is 11.6 Å². The number of amides is 3. The highest BCUT2D eigenvalue weighted by Crippen LogP contribution is 2.37. The molecule has 1 aliphatic heterocycles. The minimum Gasteiger partial charge on any atom is -0.370 e. The third-order valence-corrected chi connectivity index (χ3v) is 6.72. The molecule has 0 unspecified atom stereocenters. The van der Waals surface area contributed by atoms with Crippen LogP contribution in [0.2, 0.25) is 5.02 Å². The van der Waals surface area contributed by atoms with E-state index in [0.717, 1.165) is 12.1 Å². The highest BCUT2D eigenvalue weighted by molar-refractivity contribution is 6.33. The molecule has 208 valence electrons. The number of azo groups is 1. The van der Waals surface area contributed by atoms with Gasteiger partial charge in [-0.15, -0.1) is 10.2 Å². The lowest BCUT2D eigenvalue weighted by Crippen LogP contribution is -2.38. The number of nitro benzene ring substituents is 1. The Labute approximate surface area is 240 Å². The minimum absolute atomic E-state index is 0.0484. The van der Waals surface area contributed by atoms with Gasteiger partial charge in [0.25, 0.3) is 17.5 Å². The van der Waals surface area contributed by atoms with Crippen molar-refractivity contribution in [2.45, 2.75) is 20.3 Å². The van der Waals surface area contributed by atoms with E-state index in [1.165, 1.54) is 4.90 Å².